The van der Waals surface area contributed by atoms with Crippen LogP contribution in [0, 0.1) is 5.92 Å². The van der Waals surface area contributed by atoms with E-state index < -0.39 is 12.0 Å². The minimum absolute atomic E-state index is 0.0599. The predicted molar refractivity (Wildman–Crippen MR) is 79.9 cm³/mol. The average molecular weight is 304 g/mol. The van der Waals surface area contributed by atoms with Crippen molar-refractivity contribution in [3.05, 3.63) is 35.9 Å². The zero-order valence-corrected chi connectivity index (χ0v) is 12.5. The van der Waals surface area contributed by atoms with Crippen LogP contribution in [0.3, 0.4) is 0 Å². The summed E-state index contributed by atoms with van der Waals surface area (Å²) in [5.74, 6) is -1.83. The van der Waals surface area contributed by atoms with Crippen LogP contribution in [0.1, 0.15) is 31.4 Å². The molecule has 0 aromatic heterocycles. The number of likely N-dealkylation sites (tertiary alicyclic amines) is 1. The summed E-state index contributed by atoms with van der Waals surface area (Å²) < 4.78 is 0. The summed E-state index contributed by atoms with van der Waals surface area (Å²) in [6, 6.07) is 7.52. The molecular weight excluding hydrogens is 284 g/mol. The smallest absolute Gasteiger partial charge is 0.330 e. The molecule has 1 heterocycles. The molecule has 1 fully saturated rings. The van der Waals surface area contributed by atoms with Crippen molar-refractivity contribution in [2.24, 2.45) is 5.92 Å². The molecule has 1 aliphatic heterocycles. The third kappa shape index (κ3) is 3.84. The molecule has 1 saturated heterocycles. The lowest BCUT2D eigenvalue weighted by molar-refractivity contribution is -0.143. The van der Waals surface area contributed by atoms with Gasteiger partial charge in [-0.25, -0.2) is 4.79 Å². The van der Waals surface area contributed by atoms with Gasteiger partial charge in [-0.15, -0.1) is 0 Å². The van der Waals surface area contributed by atoms with Gasteiger partial charge in [-0.2, -0.15) is 0 Å². The van der Waals surface area contributed by atoms with Crippen molar-refractivity contribution >= 4 is 17.8 Å². The van der Waals surface area contributed by atoms with Crippen LogP contribution in [-0.2, 0) is 14.4 Å². The Morgan fingerprint density at radius 3 is 2.55 bits per heavy atom. The van der Waals surface area contributed by atoms with E-state index in [1.807, 2.05) is 0 Å². The maximum atomic E-state index is 12.3. The summed E-state index contributed by atoms with van der Waals surface area (Å²) in [4.78, 5) is 36.8. The lowest BCUT2D eigenvalue weighted by atomic mass is 9.96. The molecule has 1 aromatic rings. The minimum atomic E-state index is -1.10. The van der Waals surface area contributed by atoms with Crippen molar-refractivity contribution in [3.8, 4) is 0 Å². The van der Waals surface area contributed by atoms with E-state index in [4.69, 9.17) is 0 Å². The largest absolute Gasteiger partial charge is 0.479 e. The second-order valence-corrected chi connectivity index (χ2v) is 5.49. The monoisotopic (exact) mass is 304 g/mol. The Kier molecular flexibility index (Phi) is 5.14. The molecule has 0 aliphatic carbocycles. The number of hydrogen-bond acceptors (Lipinski definition) is 3. The van der Waals surface area contributed by atoms with Gasteiger partial charge in [-0.05, 0) is 18.4 Å². The van der Waals surface area contributed by atoms with Crippen molar-refractivity contribution in [2.45, 2.75) is 25.8 Å². The number of benzene rings is 1. The van der Waals surface area contributed by atoms with Crippen LogP contribution in [0.4, 0.5) is 0 Å². The van der Waals surface area contributed by atoms with Crippen LogP contribution in [-0.4, -0.2) is 40.9 Å². The lowest BCUT2D eigenvalue weighted by Gasteiger charge is -2.31. The van der Waals surface area contributed by atoms with Gasteiger partial charge in [0, 0.05) is 20.0 Å². The van der Waals surface area contributed by atoms with Gasteiger partial charge in [0.2, 0.25) is 11.8 Å². The zero-order chi connectivity index (χ0) is 16.1. The summed E-state index contributed by atoms with van der Waals surface area (Å²) in [5.41, 5.74) is 0.530. The first-order valence-electron chi connectivity index (χ1n) is 7.32. The zero-order valence-electron chi connectivity index (χ0n) is 12.5. The number of rotatable bonds is 4. The maximum Gasteiger partial charge on any atom is 0.330 e. The normalized spacial score (nSPS) is 19.3. The van der Waals surface area contributed by atoms with Gasteiger partial charge in [0.15, 0.2) is 6.04 Å². The highest BCUT2D eigenvalue weighted by Gasteiger charge is 2.30. The summed E-state index contributed by atoms with van der Waals surface area (Å²) in [6.45, 7) is 2.48. The first-order valence-corrected chi connectivity index (χ1v) is 7.32. The highest BCUT2D eigenvalue weighted by molar-refractivity contribution is 5.86. The molecule has 22 heavy (non-hydrogen) atoms. The SMILES string of the molecule is CC(=O)N1CCCC(C(=O)N[C@@H](C(=O)O)c2ccccc2)C1. The van der Waals surface area contributed by atoms with E-state index in [-0.39, 0.29) is 17.7 Å². The lowest BCUT2D eigenvalue weighted by Crippen LogP contribution is -2.46. The first kappa shape index (κ1) is 16.0. The number of piperidine rings is 1. The minimum Gasteiger partial charge on any atom is -0.479 e. The van der Waals surface area contributed by atoms with E-state index in [9.17, 15) is 19.5 Å². The number of amides is 2. The van der Waals surface area contributed by atoms with Crippen molar-refractivity contribution < 1.29 is 19.5 Å². The topological polar surface area (TPSA) is 86.7 Å². The molecule has 1 aromatic carbocycles. The van der Waals surface area contributed by atoms with E-state index in [1.165, 1.54) is 6.92 Å². The second-order valence-electron chi connectivity index (χ2n) is 5.49. The third-order valence-corrected chi connectivity index (χ3v) is 3.90. The maximum absolute atomic E-state index is 12.3. The van der Waals surface area contributed by atoms with Crippen LogP contribution in [0.25, 0.3) is 0 Å². The molecule has 0 spiro atoms. The van der Waals surface area contributed by atoms with Crippen molar-refractivity contribution in [1.29, 1.82) is 0 Å². The molecule has 6 heteroatoms. The summed E-state index contributed by atoms with van der Waals surface area (Å²) in [7, 11) is 0. The molecule has 2 atom stereocenters. The highest BCUT2D eigenvalue weighted by Crippen LogP contribution is 2.19. The Morgan fingerprint density at radius 1 is 1.27 bits per heavy atom. The Bertz CT molecular complexity index is 559. The Labute approximate surface area is 129 Å². The quantitative estimate of drug-likeness (QED) is 0.874. The molecule has 2 rings (SSSR count). The van der Waals surface area contributed by atoms with Crippen LogP contribution in [0.2, 0.25) is 0 Å². The van der Waals surface area contributed by atoms with Gasteiger partial charge >= 0.3 is 5.97 Å². The second kappa shape index (κ2) is 7.06. The number of aliphatic carboxylic acids is 1. The van der Waals surface area contributed by atoms with Crippen molar-refractivity contribution in [2.75, 3.05) is 13.1 Å². The van der Waals surface area contributed by atoms with Gasteiger partial charge < -0.3 is 15.3 Å². The molecule has 1 aliphatic rings. The Morgan fingerprint density at radius 2 is 1.95 bits per heavy atom. The summed E-state index contributed by atoms with van der Waals surface area (Å²) in [6.07, 6.45) is 1.41. The molecule has 1 unspecified atom stereocenters. The van der Waals surface area contributed by atoms with E-state index in [0.717, 1.165) is 6.42 Å². The van der Waals surface area contributed by atoms with Crippen LogP contribution in [0.5, 0.6) is 0 Å². The van der Waals surface area contributed by atoms with Crippen LogP contribution < -0.4 is 5.32 Å². The third-order valence-electron chi connectivity index (χ3n) is 3.90. The number of nitrogens with zero attached hydrogens (tertiary/aromatic N) is 1. The molecule has 118 valence electrons. The number of hydrogen-bond donors (Lipinski definition) is 2. The first-order chi connectivity index (χ1) is 10.5. The van der Waals surface area contributed by atoms with E-state index in [2.05, 4.69) is 5.32 Å². The predicted octanol–water partition coefficient (Wildman–Crippen LogP) is 1.19. The highest BCUT2D eigenvalue weighted by atomic mass is 16.4. The van der Waals surface area contributed by atoms with Gasteiger partial charge in [0.1, 0.15) is 0 Å². The fraction of sp³-hybridized carbons (Fsp3) is 0.438. The summed E-state index contributed by atoms with van der Waals surface area (Å²) in [5, 5.41) is 11.9. The fourth-order valence-electron chi connectivity index (χ4n) is 2.67. The fourth-order valence-corrected chi connectivity index (χ4v) is 2.67. The van der Waals surface area contributed by atoms with Crippen molar-refractivity contribution in [3.63, 3.8) is 0 Å². The van der Waals surface area contributed by atoms with Gasteiger partial charge in [0.25, 0.3) is 0 Å². The van der Waals surface area contributed by atoms with Crippen molar-refractivity contribution in [1.82, 2.24) is 10.2 Å². The molecule has 0 saturated carbocycles. The van der Waals surface area contributed by atoms with E-state index in [0.29, 0.717) is 25.1 Å². The van der Waals surface area contributed by atoms with Gasteiger partial charge in [0.05, 0.1) is 5.92 Å². The van der Waals surface area contributed by atoms with Crippen LogP contribution >= 0.6 is 0 Å². The van der Waals surface area contributed by atoms with E-state index >= 15 is 0 Å². The van der Waals surface area contributed by atoms with Gasteiger partial charge in [-0.1, -0.05) is 30.3 Å². The summed E-state index contributed by atoms with van der Waals surface area (Å²) >= 11 is 0. The number of carbonyl (C=O) groups is 3. The molecule has 6 nitrogen and oxygen atoms in total. The molecular formula is C16H20N2O4. The molecule has 2 amide bonds. The number of carbonyl (C=O) groups excluding carboxylic acids is 2. The Hall–Kier alpha value is -2.37. The molecule has 2 N–H and O–H groups in total. The molecule has 0 bridgehead atoms. The Balaban J connectivity index is 2.05. The number of carboxylic acids is 1. The van der Waals surface area contributed by atoms with Crippen LogP contribution in [0.15, 0.2) is 30.3 Å². The van der Waals surface area contributed by atoms with E-state index in [1.54, 1.807) is 35.2 Å². The number of carboxylic acid groups (broad SMARTS) is 1. The van der Waals surface area contributed by atoms with Gasteiger partial charge in [-0.3, -0.25) is 9.59 Å². The molecule has 0 radical (unpaired) electrons. The number of nitrogens with one attached hydrogen (secondary N) is 1. The average Bonchev–Trinajstić information content (AvgIpc) is 2.53. The standard InChI is InChI=1S/C16H20N2O4/c1-11(19)18-9-5-8-13(10-18)15(20)17-14(16(21)22)12-6-3-2-4-7-12/h2-4,6-7,13-14H,5,8-10H2,1H3,(H,17,20)(H,21,22)/t13?,14-/m1/s1.